The van der Waals surface area contributed by atoms with Gasteiger partial charge in [0.1, 0.15) is 11.9 Å². The minimum Gasteiger partial charge on any atom is -0.472 e. The lowest BCUT2D eigenvalue weighted by Crippen LogP contribution is -2.25. The average molecular weight is 323 g/mol. The highest BCUT2D eigenvalue weighted by molar-refractivity contribution is 5.70. The van der Waals surface area contributed by atoms with E-state index in [-0.39, 0.29) is 6.10 Å². The van der Waals surface area contributed by atoms with E-state index in [1.165, 1.54) is 0 Å². The molecule has 3 aromatic rings. The van der Waals surface area contributed by atoms with Gasteiger partial charge in [0.2, 0.25) is 5.88 Å². The van der Waals surface area contributed by atoms with Crippen molar-refractivity contribution in [3.8, 4) is 17.3 Å². The summed E-state index contributed by atoms with van der Waals surface area (Å²) in [6.45, 7) is 3.40. The van der Waals surface area contributed by atoms with Gasteiger partial charge in [-0.2, -0.15) is 4.98 Å². The zero-order chi connectivity index (χ0) is 16.4. The Morgan fingerprint density at radius 1 is 1.17 bits per heavy atom. The van der Waals surface area contributed by atoms with Crippen LogP contribution in [0.1, 0.15) is 12.2 Å². The molecule has 3 aromatic heterocycles. The van der Waals surface area contributed by atoms with Gasteiger partial charge in [-0.25, -0.2) is 9.97 Å². The molecule has 0 saturated carbocycles. The number of nitrogens with zero attached hydrogens (tertiary/aromatic N) is 5. The van der Waals surface area contributed by atoms with Crippen LogP contribution in [-0.2, 0) is 0 Å². The molecule has 1 saturated heterocycles. The molecule has 1 aliphatic rings. The Morgan fingerprint density at radius 2 is 2.08 bits per heavy atom. The van der Waals surface area contributed by atoms with Crippen LogP contribution in [0, 0.1) is 6.92 Å². The maximum absolute atomic E-state index is 5.94. The smallest absolute Gasteiger partial charge is 0.261 e. The van der Waals surface area contributed by atoms with Crippen molar-refractivity contribution in [1.29, 1.82) is 0 Å². The lowest BCUT2D eigenvalue weighted by molar-refractivity contribution is 0.216. The van der Waals surface area contributed by atoms with Crippen LogP contribution in [-0.4, -0.2) is 39.3 Å². The minimum absolute atomic E-state index is 0.0826. The Bertz CT molecular complexity index is 821. The van der Waals surface area contributed by atoms with E-state index >= 15 is 0 Å². The van der Waals surface area contributed by atoms with Crippen LogP contribution in [0.3, 0.4) is 0 Å². The molecule has 1 atom stereocenters. The van der Waals surface area contributed by atoms with Crippen molar-refractivity contribution < 1.29 is 9.26 Å². The monoisotopic (exact) mass is 323 g/mol. The van der Waals surface area contributed by atoms with Gasteiger partial charge in [0.25, 0.3) is 5.89 Å². The summed E-state index contributed by atoms with van der Waals surface area (Å²) in [7, 11) is 0. The molecule has 1 fully saturated rings. The van der Waals surface area contributed by atoms with E-state index in [0.29, 0.717) is 17.6 Å². The molecule has 7 heteroatoms. The summed E-state index contributed by atoms with van der Waals surface area (Å²) in [6.07, 6.45) is 4.50. The van der Waals surface area contributed by atoms with Gasteiger partial charge in [0.15, 0.2) is 5.82 Å². The van der Waals surface area contributed by atoms with Crippen LogP contribution in [0.2, 0.25) is 0 Å². The fourth-order valence-electron chi connectivity index (χ4n) is 2.83. The van der Waals surface area contributed by atoms with Gasteiger partial charge < -0.3 is 14.2 Å². The number of aromatic nitrogens is 4. The number of pyridine rings is 2. The van der Waals surface area contributed by atoms with Gasteiger partial charge in [-0.3, -0.25) is 0 Å². The summed E-state index contributed by atoms with van der Waals surface area (Å²) in [5.41, 5.74) is 0.844. The highest BCUT2D eigenvalue weighted by atomic mass is 16.5. The van der Waals surface area contributed by atoms with Gasteiger partial charge in [0.05, 0.1) is 12.1 Å². The van der Waals surface area contributed by atoms with Crippen LogP contribution < -0.4 is 9.64 Å². The first kappa shape index (κ1) is 14.6. The van der Waals surface area contributed by atoms with Crippen molar-refractivity contribution in [1.82, 2.24) is 20.1 Å². The van der Waals surface area contributed by atoms with Gasteiger partial charge in [-0.15, -0.1) is 0 Å². The molecule has 4 rings (SSSR count). The molecular weight excluding hydrogens is 306 g/mol. The first-order valence-corrected chi connectivity index (χ1v) is 7.88. The van der Waals surface area contributed by atoms with Crippen LogP contribution in [0.15, 0.2) is 47.2 Å². The number of rotatable bonds is 4. The number of ether oxygens (including phenoxy) is 1. The Morgan fingerprint density at radius 3 is 2.88 bits per heavy atom. The molecule has 122 valence electrons. The molecule has 0 amide bonds. The van der Waals surface area contributed by atoms with E-state index in [1.54, 1.807) is 19.3 Å². The maximum atomic E-state index is 5.94. The molecule has 0 bridgehead atoms. The molecule has 0 unspecified atom stereocenters. The predicted molar refractivity (Wildman–Crippen MR) is 87.7 cm³/mol. The molecule has 0 N–H and O–H groups in total. The van der Waals surface area contributed by atoms with Crippen molar-refractivity contribution in [2.24, 2.45) is 0 Å². The minimum atomic E-state index is 0.0826. The molecule has 0 spiro atoms. The first-order chi connectivity index (χ1) is 11.8. The Balaban J connectivity index is 1.53. The van der Waals surface area contributed by atoms with E-state index in [2.05, 4.69) is 25.0 Å². The highest BCUT2D eigenvalue weighted by Crippen LogP contribution is 2.30. The fourth-order valence-corrected chi connectivity index (χ4v) is 2.83. The highest BCUT2D eigenvalue weighted by Gasteiger charge is 2.28. The molecule has 0 aliphatic carbocycles. The summed E-state index contributed by atoms with van der Waals surface area (Å²) in [5, 5.41) is 3.87. The Kier molecular flexibility index (Phi) is 3.82. The summed E-state index contributed by atoms with van der Waals surface area (Å²) < 4.78 is 11.2. The molecule has 24 heavy (non-hydrogen) atoms. The maximum Gasteiger partial charge on any atom is 0.261 e. The van der Waals surface area contributed by atoms with Crippen molar-refractivity contribution >= 4 is 5.82 Å². The average Bonchev–Trinajstić information content (AvgIpc) is 3.25. The zero-order valence-corrected chi connectivity index (χ0v) is 13.3. The number of hydrogen-bond acceptors (Lipinski definition) is 7. The van der Waals surface area contributed by atoms with E-state index in [9.17, 15) is 0 Å². The summed E-state index contributed by atoms with van der Waals surface area (Å²) >= 11 is 0. The molecular formula is C17H17N5O2. The van der Waals surface area contributed by atoms with Crippen LogP contribution in [0.5, 0.6) is 5.88 Å². The third kappa shape index (κ3) is 2.92. The second-order valence-corrected chi connectivity index (χ2v) is 5.66. The second kappa shape index (κ2) is 6.27. The van der Waals surface area contributed by atoms with Crippen molar-refractivity contribution in [2.75, 3.05) is 18.0 Å². The lowest BCUT2D eigenvalue weighted by atomic mass is 10.2. The van der Waals surface area contributed by atoms with Gasteiger partial charge in [-0.05, 0) is 25.1 Å². The topological polar surface area (TPSA) is 77.2 Å². The van der Waals surface area contributed by atoms with E-state index in [0.717, 1.165) is 30.9 Å². The van der Waals surface area contributed by atoms with Crippen LogP contribution in [0.4, 0.5) is 5.82 Å². The van der Waals surface area contributed by atoms with E-state index < -0.39 is 0 Å². The number of hydrogen-bond donors (Lipinski definition) is 0. The van der Waals surface area contributed by atoms with Crippen molar-refractivity contribution in [3.63, 3.8) is 0 Å². The van der Waals surface area contributed by atoms with Crippen molar-refractivity contribution in [3.05, 3.63) is 48.5 Å². The summed E-state index contributed by atoms with van der Waals surface area (Å²) in [4.78, 5) is 15.2. The molecule has 0 aromatic carbocycles. The van der Waals surface area contributed by atoms with Crippen molar-refractivity contribution in [2.45, 2.75) is 19.4 Å². The van der Waals surface area contributed by atoms with Gasteiger partial charge in [-0.1, -0.05) is 11.2 Å². The van der Waals surface area contributed by atoms with Gasteiger partial charge >= 0.3 is 0 Å². The normalized spacial score (nSPS) is 17.2. The second-order valence-electron chi connectivity index (χ2n) is 5.66. The molecule has 4 heterocycles. The Hall–Kier alpha value is -2.96. The molecule has 1 aliphatic heterocycles. The molecule has 0 radical (unpaired) electrons. The summed E-state index contributed by atoms with van der Waals surface area (Å²) in [5.74, 6) is 2.59. The first-order valence-electron chi connectivity index (χ1n) is 7.88. The third-order valence-electron chi connectivity index (χ3n) is 3.91. The van der Waals surface area contributed by atoms with Crippen LogP contribution >= 0.6 is 0 Å². The number of aryl methyl sites for hydroxylation is 1. The molecule has 7 nitrogen and oxygen atoms in total. The third-order valence-corrected chi connectivity index (χ3v) is 3.91. The fraction of sp³-hybridized carbons (Fsp3) is 0.294. The van der Waals surface area contributed by atoms with Gasteiger partial charge in [0, 0.05) is 31.4 Å². The summed E-state index contributed by atoms with van der Waals surface area (Å²) in [6, 6.07) is 9.48. The quantitative estimate of drug-likeness (QED) is 0.730. The standard InChI is InChI=1S/C17H17N5O2/c1-12-20-17(24-21-12)14-5-4-9-19-16(14)22-10-7-13(11-22)23-15-6-2-3-8-18-15/h2-6,8-9,13H,7,10-11H2,1H3/t13-/m0/s1. The Labute approximate surface area is 139 Å². The van der Waals surface area contributed by atoms with E-state index in [1.807, 2.05) is 30.3 Å². The SMILES string of the molecule is Cc1noc(-c2cccnc2N2CC[C@H](Oc3ccccn3)C2)n1. The number of anilines is 1. The van der Waals surface area contributed by atoms with Crippen LogP contribution in [0.25, 0.3) is 11.5 Å². The predicted octanol–water partition coefficient (Wildman–Crippen LogP) is 2.49. The van der Waals surface area contributed by atoms with E-state index in [4.69, 9.17) is 9.26 Å². The largest absolute Gasteiger partial charge is 0.472 e. The zero-order valence-electron chi connectivity index (χ0n) is 13.3. The lowest BCUT2D eigenvalue weighted by Gasteiger charge is -2.19.